The lowest BCUT2D eigenvalue weighted by atomic mass is 10.2. The minimum atomic E-state index is -3.34. The van der Waals surface area contributed by atoms with Crippen molar-refractivity contribution in [2.75, 3.05) is 25.5 Å². The van der Waals surface area contributed by atoms with Gasteiger partial charge in [0.05, 0.1) is 4.90 Å². The normalized spacial score (nSPS) is 23.4. The maximum Gasteiger partial charge on any atom is 0.240 e. The van der Waals surface area contributed by atoms with Gasteiger partial charge in [0.2, 0.25) is 10.0 Å². The molecule has 1 aliphatic carbocycles. The number of nitrogens with one attached hydrogen (secondary N) is 2. The molecule has 6 heteroatoms. The van der Waals surface area contributed by atoms with Crippen LogP contribution in [0.2, 0.25) is 0 Å². The van der Waals surface area contributed by atoms with E-state index in [9.17, 15) is 8.42 Å². The maximum absolute atomic E-state index is 12.1. The second kappa shape index (κ2) is 5.94. The molecule has 1 aromatic carbocycles. The Balaban J connectivity index is 1.58. The minimum Gasteiger partial charge on any atom is -0.383 e. The average molecular weight is 309 g/mol. The van der Waals surface area contributed by atoms with E-state index in [-0.39, 0.29) is 6.04 Å². The second-order valence-electron chi connectivity index (χ2n) is 6.08. The zero-order valence-corrected chi connectivity index (χ0v) is 13.2. The van der Waals surface area contributed by atoms with Crippen molar-refractivity contribution in [3.63, 3.8) is 0 Å². The molecule has 0 spiro atoms. The molecule has 1 saturated carbocycles. The van der Waals surface area contributed by atoms with Crippen molar-refractivity contribution < 1.29 is 8.42 Å². The number of benzene rings is 1. The summed E-state index contributed by atoms with van der Waals surface area (Å²) in [4.78, 5) is 2.71. The summed E-state index contributed by atoms with van der Waals surface area (Å²) in [6.07, 6.45) is 4.38. The molecule has 2 N–H and O–H groups in total. The fraction of sp³-hybridized carbons (Fsp3) is 0.600. The quantitative estimate of drug-likeness (QED) is 0.838. The molecule has 1 heterocycles. The zero-order valence-electron chi connectivity index (χ0n) is 12.4. The summed E-state index contributed by atoms with van der Waals surface area (Å²) in [7, 11) is -1.19. The van der Waals surface area contributed by atoms with Crippen LogP contribution >= 0.6 is 0 Å². The van der Waals surface area contributed by atoms with Gasteiger partial charge in [0.15, 0.2) is 0 Å². The van der Waals surface area contributed by atoms with E-state index >= 15 is 0 Å². The number of anilines is 1. The van der Waals surface area contributed by atoms with E-state index in [2.05, 4.69) is 22.0 Å². The standard InChI is InChI=1S/C15H23N3O2S/c1-18-10-2-3-14(18)11-16-12-6-8-15(9-7-12)21(19,20)17-13-4-5-13/h6-9,13-14,16-17H,2-5,10-11H2,1H3. The van der Waals surface area contributed by atoms with E-state index < -0.39 is 10.0 Å². The SMILES string of the molecule is CN1CCCC1CNc1ccc(S(=O)(=O)NC2CC2)cc1. The number of sulfonamides is 1. The fourth-order valence-corrected chi connectivity index (χ4v) is 4.02. The third-order valence-corrected chi connectivity index (χ3v) is 5.81. The molecule has 2 aliphatic rings. The third kappa shape index (κ3) is 3.75. The Morgan fingerprint density at radius 2 is 1.90 bits per heavy atom. The lowest BCUT2D eigenvalue weighted by Crippen LogP contribution is -2.31. The summed E-state index contributed by atoms with van der Waals surface area (Å²) in [6.45, 7) is 2.07. The predicted molar refractivity (Wildman–Crippen MR) is 83.9 cm³/mol. The number of likely N-dealkylation sites (N-methyl/N-ethyl adjacent to an activating group) is 1. The van der Waals surface area contributed by atoms with Gasteiger partial charge < -0.3 is 10.2 Å². The molecule has 1 aromatic rings. The van der Waals surface area contributed by atoms with Crippen LogP contribution < -0.4 is 10.0 Å². The average Bonchev–Trinajstić information content (AvgIpc) is 3.16. The van der Waals surface area contributed by atoms with Crippen molar-refractivity contribution in [3.8, 4) is 0 Å². The number of likely N-dealkylation sites (tertiary alicyclic amines) is 1. The lowest BCUT2D eigenvalue weighted by Gasteiger charge is -2.20. The smallest absolute Gasteiger partial charge is 0.240 e. The van der Waals surface area contributed by atoms with Gasteiger partial charge >= 0.3 is 0 Å². The van der Waals surface area contributed by atoms with Crippen LogP contribution in [0, 0.1) is 0 Å². The highest BCUT2D eigenvalue weighted by molar-refractivity contribution is 7.89. The Morgan fingerprint density at radius 1 is 1.19 bits per heavy atom. The second-order valence-corrected chi connectivity index (χ2v) is 7.79. The van der Waals surface area contributed by atoms with Gasteiger partial charge in [0, 0.05) is 24.3 Å². The third-order valence-electron chi connectivity index (χ3n) is 4.28. The largest absolute Gasteiger partial charge is 0.383 e. The Morgan fingerprint density at radius 3 is 2.48 bits per heavy atom. The molecule has 5 nitrogen and oxygen atoms in total. The first-order valence-corrected chi connectivity index (χ1v) is 9.09. The number of nitrogens with zero attached hydrogens (tertiary/aromatic N) is 1. The van der Waals surface area contributed by atoms with Crippen molar-refractivity contribution >= 4 is 15.7 Å². The van der Waals surface area contributed by atoms with Crippen LogP contribution in [0.4, 0.5) is 5.69 Å². The summed E-state index contributed by atoms with van der Waals surface area (Å²) in [5.41, 5.74) is 0.973. The lowest BCUT2D eigenvalue weighted by molar-refractivity contribution is 0.322. The van der Waals surface area contributed by atoms with Gasteiger partial charge in [-0.05, 0) is 63.5 Å². The number of hydrogen-bond acceptors (Lipinski definition) is 4. The van der Waals surface area contributed by atoms with Crippen molar-refractivity contribution in [2.45, 2.75) is 42.7 Å². The van der Waals surface area contributed by atoms with Crippen LogP contribution in [0.1, 0.15) is 25.7 Å². The van der Waals surface area contributed by atoms with Gasteiger partial charge in [0.25, 0.3) is 0 Å². The van der Waals surface area contributed by atoms with Crippen LogP contribution in [0.25, 0.3) is 0 Å². The molecule has 2 fully saturated rings. The molecule has 1 aliphatic heterocycles. The fourth-order valence-electron chi connectivity index (χ4n) is 2.71. The summed E-state index contributed by atoms with van der Waals surface area (Å²) in [5, 5.41) is 3.39. The summed E-state index contributed by atoms with van der Waals surface area (Å²) in [6, 6.07) is 7.75. The molecular weight excluding hydrogens is 286 g/mol. The summed E-state index contributed by atoms with van der Waals surface area (Å²) < 4.78 is 26.8. The molecule has 0 bridgehead atoms. The predicted octanol–water partition coefficient (Wildman–Crippen LogP) is 1.63. The van der Waals surface area contributed by atoms with Crippen molar-refractivity contribution in [2.24, 2.45) is 0 Å². The van der Waals surface area contributed by atoms with E-state index in [0.717, 1.165) is 31.6 Å². The Kier molecular flexibility index (Phi) is 4.19. The number of hydrogen-bond donors (Lipinski definition) is 2. The highest BCUT2D eigenvalue weighted by Crippen LogP contribution is 2.23. The van der Waals surface area contributed by atoms with Crippen LogP contribution in [-0.2, 0) is 10.0 Å². The first-order valence-electron chi connectivity index (χ1n) is 7.61. The van der Waals surface area contributed by atoms with Crippen molar-refractivity contribution in [1.29, 1.82) is 0 Å². The molecule has 116 valence electrons. The zero-order chi connectivity index (χ0) is 14.9. The Bertz CT molecular complexity index is 581. The molecule has 21 heavy (non-hydrogen) atoms. The first kappa shape index (κ1) is 14.8. The Labute approximate surface area is 126 Å². The molecule has 1 atom stereocenters. The molecule has 0 radical (unpaired) electrons. The van der Waals surface area contributed by atoms with Crippen molar-refractivity contribution in [1.82, 2.24) is 9.62 Å². The summed E-state index contributed by atoms with van der Waals surface area (Å²) in [5.74, 6) is 0. The monoisotopic (exact) mass is 309 g/mol. The topological polar surface area (TPSA) is 61.4 Å². The molecule has 0 amide bonds. The highest BCUT2D eigenvalue weighted by Gasteiger charge is 2.27. The highest BCUT2D eigenvalue weighted by atomic mass is 32.2. The minimum absolute atomic E-state index is 0.144. The first-order chi connectivity index (χ1) is 10.0. The van der Waals surface area contributed by atoms with Gasteiger partial charge in [-0.3, -0.25) is 0 Å². The van der Waals surface area contributed by atoms with Crippen molar-refractivity contribution in [3.05, 3.63) is 24.3 Å². The molecule has 0 aromatic heterocycles. The molecule has 1 saturated heterocycles. The summed E-state index contributed by atoms with van der Waals surface area (Å²) >= 11 is 0. The van der Waals surface area contributed by atoms with E-state index in [1.165, 1.54) is 12.8 Å². The van der Waals surface area contributed by atoms with E-state index in [1.807, 2.05) is 12.1 Å². The Hall–Kier alpha value is -1.11. The maximum atomic E-state index is 12.1. The van der Waals surface area contributed by atoms with Gasteiger partial charge in [-0.25, -0.2) is 13.1 Å². The van der Waals surface area contributed by atoms with E-state index in [1.54, 1.807) is 12.1 Å². The van der Waals surface area contributed by atoms with Gasteiger partial charge in [-0.2, -0.15) is 0 Å². The van der Waals surface area contributed by atoms with Crippen LogP contribution in [0.3, 0.4) is 0 Å². The van der Waals surface area contributed by atoms with Gasteiger partial charge in [0.1, 0.15) is 0 Å². The van der Waals surface area contributed by atoms with Crippen LogP contribution in [-0.4, -0.2) is 45.5 Å². The number of rotatable bonds is 6. The van der Waals surface area contributed by atoms with Crippen LogP contribution in [0.5, 0.6) is 0 Å². The van der Waals surface area contributed by atoms with E-state index in [0.29, 0.717) is 10.9 Å². The van der Waals surface area contributed by atoms with Gasteiger partial charge in [-0.1, -0.05) is 0 Å². The van der Waals surface area contributed by atoms with Crippen LogP contribution in [0.15, 0.2) is 29.2 Å². The molecule has 1 unspecified atom stereocenters. The molecule has 3 rings (SSSR count). The molecular formula is C15H23N3O2S. The van der Waals surface area contributed by atoms with E-state index in [4.69, 9.17) is 0 Å². The van der Waals surface area contributed by atoms with Gasteiger partial charge in [-0.15, -0.1) is 0 Å².